The average molecular weight is 392 g/mol. The first-order valence-electron chi connectivity index (χ1n) is 9.41. The van der Waals surface area contributed by atoms with Gasteiger partial charge in [0.05, 0.1) is 0 Å². The van der Waals surface area contributed by atoms with Gasteiger partial charge in [-0.2, -0.15) is 0 Å². The number of benzene rings is 2. The number of nitrogens with one attached hydrogen (secondary N) is 2. The van der Waals surface area contributed by atoms with E-state index in [4.69, 9.17) is 4.74 Å². The number of hydrogen-bond acceptors (Lipinski definition) is 4. The number of esters is 1. The molecule has 150 valence electrons. The van der Waals surface area contributed by atoms with Crippen LogP contribution in [0.5, 0.6) is 0 Å². The van der Waals surface area contributed by atoms with Crippen molar-refractivity contribution in [3.63, 3.8) is 0 Å². The van der Waals surface area contributed by atoms with Crippen molar-refractivity contribution in [2.24, 2.45) is 0 Å². The van der Waals surface area contributed by atoms with Crippen molar-refractivity contribution < 1.29 is 14.3 Å². The van der Waals surface area contributed by atoms with E-state index in [1.165, 1.54) is 6.20 Å². The molecule has 2 aromatic carbocycles. The first-order valence-corrected chi connectivity index (χ1v) is 9.41. The molecule has 0 saturated heterocycles. The summed E-state index contributed by atoms with van der Waals surface area (Å²) >= 11 is 0. The average Bonchev–Trinajstić information content (AvgIpc) is 2.66. The molecule has 1 heterocycles. The topological polar surface area (TPSA) is 88.3 Å². The van der Waals surface area contributed by atoms with Crippen LogP contribution in [0.3, 0.4) is 0 Å². The highest BCUT2D eigenvalue weighted by Gasteiger charge is 2.18. The van der Waals surface area contributed by atoms with E-state index in [1.54, 1.807) is 26.8 Å². The summed E-state index contributed by atoms with van der Waals surface area (Å²) < 4.78 is 5.16. The molecule has 0 atom stereocenters. The van der Waals surface area contributed by atoms with Crippen LogP contribution in [0.25, 0.3) is 10.9 Å². The molecule has 6 nitrogen and oxygen atoms in total. The Hall–Kier alpha value is -3.41. The van der Waals surface area contributed by atoms with Crippen LogP contribution in [0.15, 0.2) is 59.5 Å². The summed E-state index contributed by atoms with van der Waals surface area (Å²) in [6, 6.07) is 15.5. The lowest BCUT2D eigenvalue weighted by Gasteiger charge is -2.19. The second-order valence-electron chi connectivity index (χ2n) is 7.84. The van der Waals surface area contributed by atoms with Crippen LogP contribution in [-0.2, 0) is 16.0 Å². The van der Waals surface area contributed by atoms with Crippen molar-refractivity contribution in [2.75, 3.05) is 6.54 Å². The lowest BCUT2D eigenvalue weighted by molar-refractivity contribution is -0.153. The number of amides is 1. The molecule has 0 aliphatic heterocycles. The highest BCUT2D eigenvalue weighted by Crippen LogP contribution is 2.15. The second-order valence-corrected chi connectivity index (χ2v) is 7.84. The monoisotopic (exact) mass is 392 g/mol. The van der Waals surface area contributed by atoms with Gasteiger partial charge in [0, 0.05) is 17.1 Å². The Labute approximate surface area is 168 Å². The van der Waals surface area contributed by atoms with Crippen molar-refractivity contribution in [3.8, 4) is 0 Å². The number of H-pyrrole nitrogens is 1. The SMILES string of the molecule is CC(C)(C)OC(=O)CNC(=O)c1c[nH]c2ccc(Cc3ccccc3)cc2c1=O. The van der Waals surface area contributed by atoms with Gasteiger partial charge >= 0.3 is 5.97 Å². The number of fused-ring (bicyclic) bond motifs is 1. The van der Waals surface area contributed by atoms with Crippen LogP contribution in [0.4, 0.5) is 0 Å². The normalized spacial score (nSPS) is 11.3. The molecule has 3 rings (SSSR count). The van der Waals surface area contributed by atoms with Gasteiger partial charge in [-0.1, -0.05) is 36.4 Å². The molecule has 0 fully saturated rings. The van der Waals surface area contributed by atoms with E-state index in [2.05, 4.69) is 10.3 Å². The van der Waals surface area contributed by atoms with E-state index in [0.29, 0.717) is 17.3 Å². The number of pyridine rings is 1. The smallest absolute Gasteiger partial charge is 0.325 e. The number of ether oxygens (including phenoxy) is 1. The van der Waals surface area contributed by atoms with Crippen LogP contribution < -0.4 is 10.7 Å². The van der Waals surface area contributed by atoms with Crippen molar-refractivity contribution >= 4 is 22.8 Å². The Morgan fingerprint density at radius 2 is 1.76 bits per heavy atom. The largest absolute Gasteiger partial charge is 0.459 e. The molecule has 3 aromatic rings. The highest BCUT2D eigenvalue weighted by molar-refractivity contribution is 5.98. The molecule has 0 bridgehead atoms. The van der Waals surface area contributed by atoms with Crippen molar-refractivity contribution in [1.29, 1.82) is 0 Å². The maximum Gasteiger partial charge on any atom is 0.325 e. The van der Waals surface area contributed by atoms with Gasteiger partial charge in [-0.05, 0) is 50.5 Å². The number of aromatic amines is 1. The summed E-state index contributed by atoms with van der Waals surface area (Å²) in [5.74, 6) is -1.18. The van der Waals surface area contributed by atoms with Crippen molar-refractivity contribution in [1.82, 2.24) is 10.3 Å². The summed E-state index contributed by atoms with van der Waals surface area (Å²) in [4.78, 5) is 40.0. The number of carbonyl (C=O) groups is 2. The van der Waals surface area contributed by atoms with Crippen LogP contribution in [0.2, 0.25) is 0 Å². The predicted octanol–water partition coefficient (Wildman–Crippen LogP) is 3.19. The van der Waals surface area contributed by atoms with E-state index < -0.39 is 17.5 Å². The first kappa shape index (κ1) is 20.3. The first-order chi connectivity index (χ1) is 13.7. The van der Waals surface area contributed by atoms with Crippen LogP contribution in [0.1, 0.15) is 42.3 Å². The molecular weight excluding hydrogens is 368 g/mol. The van der Waals surface area contributed by atoms with Gasteiger partial charge in [0.15, 0.2) is 0 Å². The lowest BCUT2D eigenvalue weighted by Crippen LogP contribution is -2.36. The zero-order valence-electron chi connectivity index (χ0n) is 16.7. The minimum Gasteiger partial charge on any atom is -0.459 e. The van der Waals surface area contributed by atoms with Crippen LogP contribution in [-0.4, -0.2) is 29.0 Å². The summed E-state index contributed by atoms with van der Waals surface area (Å²) in [7, 11) is 0. The van der Waals surface area contributed by atoms with Crippen LogP contribution >= 0.6 is 0 Å². The number of hydrogen-bond donors (Lipinski definition) is 2. The van der Waals surface area contributed by atoms with Gasteiger partial charge in [-0.15, -0.1) is 0 Å². The molecule has 0 unspecified atom stereocenters. The molecule has 0 aliphatic carbocycles. The Balaban J connectivity index is 1.80. The van der Waals surface area contributed by atoms with Gasteiger partial charge in [-0.3, -0.25) is 14.4 Å². The molecule has 0 saturated carbocycles. The predicted molar refractivity (Wildman–Crippen MR) is 112 cm³/mol. The summed E-state index contributed by atoms with van der Waals surface area (Å²) in [6.07, 6.45) is 2.05. The quantitative estimate of drug-likeness (QED) is 0.653. The molecule has 0 radical (unpaired) electrons. The molecule has 29 heavy (non-hydrogen) atoms. The Kier molecular flexibility index (Phi) is 5.82. The van der Waals surface area contributed by atoms with Crippen LogP contribution in [0, 0.1) is 0 Å². The Morgan fingerprint density at radius 3 is 2.45 bits per heavy atom. The lowest BCUT2D eigenvalue weighted by atomic mass is 10.0. The molecule has 0 spiro atoms. The fourth-order valence-corrected chi connectivity index (χ4v) is 3.00. The standard InChI is InChI=1S/C23H24N2O4/c1-23(2,3)29-20(26)14-25-22(28)18-13-24-19-10-9-16(12-17(19)21(18)27)11-15-7-5-4-6-8-15/h4-10,12-13H,11,14H2,1-3H3,(H,24,27)(H,25,28). The van der Waals surface area contributed by atoms with E-state index in [1.807, 2.05) is 42.5 Å². The van der Waals surface area contributed by atoms with Gasteiger partial charge in [0.25, 0.3) is 5.91 Å². The second kappa shape index (κ2) is 8.31. The maximum absolute atomic E-state index is 12.9. The minimum absolute atomic E-state index is 0.0436. The van der Waals surface area contributed by atoms with Gasteiger partial charge in [0.1, 0.15) is 17.7 Å². The van der Waals surface area contributed by atoms with Crippen molar-refractivity contribution in [3.05, 3.63) is 81.6 Å². The Morgan fingerprint density at radius 1 is 1.03 bits per heavy atom. The summed E-state index contributed by atoms with van der Waals surface area (Å²) in [5.41, 5.74) is 1.69. The highest BCUT2D eigenvalue weighted by atomic mass is 16.6. The maximum atomic E-state index is 12.9. The number of rotatable bonds is 5. The van der Waals surface area contributed by atoms with E-state index >= 15 is 0 Å². The van der Waals surface area contributed by atoms with E-state index in [9.17, 15) is 14.4 Å². The van der Waals surface area contributed by atoms with Crippen molar-refractivity contribution in [2.45, 2.75) is 32.8 Å². The zero-order chi connectivity index (χ0) is 21.0. The molecule has 0 aliphatic rings. The Bertz CT molecular complexity index is 1100. The minimum atomic E-state index is -0.641. The fraction of sp³-hybridized carbons (Fsp3) is 0.261. The van der Waals surface area contributed by atoms with Gasteiger partial charge < -0.3 is 15.0 Å². The fourth-order valence-electron chi connectivity index (χ4n) is 3.00. The van der Waals surface area contributed by atoms with E-state index in [-0.39, 0.29) is 17.5 Å². The third-order valence-electron chi connectivity index (χ3n) is 4.25. The number of carbonyl (C=O) groups excluding carboxylic acids is 2. The third kappa shape index (κ3) is 5.31. The zero-order valence-corrected chi connectivity index (χ0v) is 16.7. The third-order valence-corrected chi connectivity index (χ3v) is 4.25. The molecule has 1 amide bonds. The molecular formula is C23H24N2O4. The summed E-state index contributed by atoms with van der Waals surface area (Å²) in [6.45, 7) is 4.93. The van der Waals surface area contributed by atoms with E-state index in [0.717, 1.165) is 11.1 Å². The molecule has 1 aromatic heterocycles. The van der Waals surface area contributed by atoms with Gasteiger partial charge in [-0.25, -0.2) is 0 Å². The molecule has 6 heteroatoms. The molecule has 2 N–H and O–H groups in total. The number of aromatic nitrogens is 1. The summed E-state index contributed by atoms with van der Waals surface area (Å²) in [5, 5.41) is 2.88. The van der Waals surface area contributed by atoms with Gasteiger partial charge in [0.2, 0.25) is 5.43 Å².